The number of likely N-dealkylation sites (tertiary alicyclic amines) is 1. The van der Waals surface area contributed by atoms with Gasteiger partial charge in [-0.3, -0.25) is 4.79 Å². The van der Waals surface area contributed by atoms with Crippen LogP contribution in [0, 0.1) is 11.7 Å². The molecule has 1 saturated heterocycles. The summed E-state index contributed by atoms with van der Waals surface area (Å²) in [6, 6.07) is 5.88. The second-order valence-electron chi connectivity index (χ2n) is 7.28. The highest BCUT2D eigenvalue weighted by Crippen LogP contribution is 2.21. The topological polar surface area (TPSA) is 78.9 Å². The first-order valence-corrected chi connectivity index (χ1v) is 8.34. The van der Waals surface area contributed by atoms with Gasteiger partial charge in [0.25, 0.3) is 0 Å². The van der Waals surface area contributed by atoms with Crippen LogP contribution < -0.4 is 5.32 Å². The van der Waals surface area contributed by atoms with Gasteiger partial charge >= 0.3 is 12.1 Å². The van der Waals surface area contributed by atoms with E-state index in [1.54, 1.807) is 32.9 Å². The number of hydrogen-bond acceptors (Lipinski definition) is 4. The third-order valence-electron chi connectivity index (χ3n) is 4.04. The van der Waals surface area contributed by atoms with E-state index in [-0.39, 0.29) is 18.4 Å². The van der Waals surface area contributed by atoms with Crippen LogP contribution in [0.5, 0.6) is 0 Å². The quantitative estimate of drug-likeness (QED) is 0.871. The number of carboxylic acid groups (broad SMARTS) is 1. The smallest absolute Gasteiger partial charge is 0.410 e. The van der Waals surface area contributed by atoms with E-state index in [0.29, 0.717) is 19.5 Å². The lowest BCUT2D eigenvalue weighted by Gasteiger charge is -2.37. The van der Waals surface area contributed by atoms with E-state index in [9.17, 15) is 19.1 Å². The summed E-state index contributed by atoms with van der Waals surface area (Å²) in [5.74, 6) is -2.03. The van der Waals surface area contributed by atoms with E-state index in [0.717, 1.165) is 5.56 Å². The van der Waals surface area contributed by atoms with Crippen LogP contribution in [-0.2, 0) is 16.1 Å². The summed E-state index contributed by atoms with van der Waals surface area (Å²) in [6.07, 6.45) is -0.00625. The second kappa shape index (κ2) is 7.82. The Labute approximate surface area is 147 Å². The molecule has 138 valence electrons. The van der Waals surface area contributed by atoms with Crippen LogP contribution in [0.1, 0.15) is 32.8 Å². The van der Waals surface area contributed by atoms with Crippen molar-refractivity contribution in [3.63, 3.8) is 0 Å². The van der Waals surface area contributed by atoms with Gasteiger partial charge in [-0.15, -0.1) is 0 Å². The van der Waals surface area contributed by atoms with Gasteiger partial charge in [0, 0.05) is 25.7 Å². The summed E-state index contributed by atoms with van der Waals surface area (Å²) in [5, 5.41) is 12.7. The molecule has 1 aliphatic heterocycles. The fourth-order valence-electron chi connectivity index (χ4n) is 2.83. The average Bonchev–Trinajstić information content (AvgIpc) is 2.51. The second-order valence-corrected chi connectivity index (χ2v) is 7.28. The largest absolute Gasteiger partial charge is 0.481 e. The molecule has 0 aliphatic carbocycles. The first-order valence-electron chi connectivity index (χ1n) is 8.34. The zero-order chi connectivity index (χ0) is 18.6. The molecular weight excluding hydrogens is 327 g/mol. The van der Waals surface area contributed by atoms with E-state index in [1.165, 1.54) is 17.0 Å². The Hall–Kier alpha value is -2.15. The maximum Gasteiger partial charge on any atom is 0.410 e. The normalized spacial score (nSPS) is 21.0. The molecule has 1 aliphatic rings. The van der Waals surface area contributed by atoms with Crippen LogP contribution >= 0.6 is 0 Å². The van der Waals surface area contributed by atoms with E-state index < -0.39 is 23.6 Å². The number of amides is 1. The van der Waals surface area contributed by atoms with Gasteiger partial charge in [0.05, 0.1) is 5.92 Å². The van der Waals surface area contributed by atoms with Gasteiger partial charge in [0.2, 0.25) is 0 Å². The van der Waals surface area contributed by atoms with Crippen molar-refractivity contribution in [2.24, 2.45) is 5.92 Å². The summed E-state index contributed by atoms with van der Waals surface area (Å²) in [7, 11) is 0. The summed E-state index contributed by atoms with van der Waals surface area (Å²) in [4.78, 5) is 25.2. The molecule has 0 spiro atoms. The third kappa shape index (κ3) is 5.70. The highest BCUT2D eigenvalue weighted by Gasteiger charge is 2.37. The molecule has 0 unspecified atom stereocenters. The van der Waals surface area contributed by atoms with Crippen LogP contribution in [0.2, 0.25) is 0 Å². The van der Waals surface area contributed by atoms with Crippen LogP contribution in [0.4, 0.5) is 9.18 Å². The molecule has 1 fully saturated rings. The molecule has 1 amide bonds. The highest BCUT2D eigenvalue weighted by atomic mass is 19.1. The zero-order valence-corrected chi connectivity index (χ0v) is 14.8. The first kappa shape index (κ1) is 19.2. The van der Waals surface area contributed by atoms with Crippen LogP contribution in [0.15, 0.2) is 24.3 Å². The Morgan fingerprint density at radius 3 is 2.72 bits per heavy atom. The van der Waals surface area contributed by atoms with Crippen molar-refractivity contribution >= 4 is 12.1 Å². The van der Waals surface area contributed by atoms with Gasteiger partial charge in [-0.2, -0.15) is 0 Å². The van der Waals surface area contributed by atoms with Crippen molar-refractivity contribution in [3.8, 4) is 0 Å². The number of piperidine rings is 1. The zero-order valence-electron chi connectivity index (χ0n) is 14.8. The fourth-order valence-corrected chi connectivity index (χ4v) is 2.83. The summed E-state index contributed by atoms with van der Waals surface area (Å²) >= 11 is 0. The van der Waals surface area contributed by atoms with Gasteiger partial charge in [0.1, 0.15) is 11.4 Å². The Bertz CT molecular complexity index is 630. The number of halogens is 1. The van der Waals surface area contributed by atoms with E-state index >= 15 is 0 Å². The number of carbonyl (C=O) groups excluding carboxylic acids is 1. The molecule has 1 aromatic carbocycles. The number of aliphatic carboxylic acids is 1. The molecule has 1 aromatic rings. The maximum atomic E-state index is 13.2. The maximum absolute atomic E-state index is 13.2. The number of rotatable bonds is 4. The molecular formula is C18H25FN2O4. The average molecular weight is 352 g/mol. The lowest BCUT2D eigenvalue weighted by molar-refractivity contribution is -0.144. The Balaban J connectivity index is 1.97. The molecule has 2 rings (SSSR count). The first-order chi connectivity index (χ1) is 11.7. The van der Waals surface area contributed by atoms with Crippen molar-refractivity contribution in [2.45, 2.75) is 45.4 Å². The van der Waals surface area contributed by atoms with Crippen molar-refractivity contribution < 1.29 is 23.8 Å². The van der Waals surface area contributed by atoms with Gasteiger partial charge < -0.3 is 20.1 Å². The minimum Gasteiger partial charge on any atom is -0.481 e. The monoisotopic (exact) mass is 352 g/mol. The van der Waals surface area contributed by atoms with E-state index in [4.69, 9.17) is 4.74 Å². The molecule has 6 nitrogen and oxygen atoms in total. The van der Waals surface area contributed by atoms with E-state index in [1.807, 2.05) is 0 Å². The van der Waals surface area contributed by atoms with Crippen LogP contribution in [0.3, 0.4) is 0 Å². The SMILES string of the molecule is CC(C)(C)OC(=O)N1CC[C@@H](NCc2cccc(F)c2)[C@@H](C(=O)O)C1. The van der Waals surface area contributed by atoms with Gasteiger partial charge in [-0.1, -0.05) is 12.1 Å². The van der Waals surface area contributed by atoms with Crippen molar-refractivity contribution in [2.75, 3.05) is 13.1 Å². The van der Waals surface area contributed by atoms with Crippen molar-refractivity contribution in [1.29, 1.82) is 0 Å². The van der Waals surface area contributed by atoms with Crippen molar-refractivity contribution in [1.82, 2.24) is 10.2 Å². The number of ether oxygens (including phenoxy) is 1. The Morgan fingerprint density at radius 2 is 2.12 bits per heavy atom. The standard InChI is InChI=1S/C18H25FN2O4/c1-18(2,3)25-17(24)21-8-7-15(14(11-21)16(22)23)20-10-12-5-4-6-13(19)9-12/h4-6,9,14-15,20H,7-8,10-11H2,1-3H3,(H,22,23)/t14-,15+/m0/s1. The van der Waals surface area contributed by atoms with E-state index in [2.05, 4.69) is 5.32 Å². The number of nitrogens with zero attached hydrogens (tertiary/aromatic N) is 1. The number of nitrogens with one attached hydrogen (secondary N) is 1. The lowest BCUT2D eigenvalue weighted by atomic mass is 9.92. The number of carbonyl (C=O) groups is 2. The minimum absolute atomic E-state index is 0.0884. The minimum atomic E-state index is -0.968. The summed E-state index contributed by atoms with van der Waals surface area (Å²) < 4.78 is 18.5. The van der Waals surface area contributed by atoms with Crippen LogP contribution in [-0.4, -0.2) is 46.8 Å². The Morgan fingerprint density at radius 1 is 1.40 bits per heavy atom. The van der Waals surface area contributed by atoms with Crippen LogP contribution in [0.25, 0.3) is 0 Å². The molecule has 2 N–H and O–H groups in total. The summed E-state index contributed by atoms with van der Waals surface area (Å²) in [6.45, 7) is 6.19. The van der Waals surface area contributed by atoms with Gasteiger partial charge in [0.15, 0.2) is 0 Å². The molecule has 0 bridgehead atoms. The highest BCUT2D eigenvalue weighted by molar-refractivity contribution is 5.74. The molecule has 2 atom stereocenters. The lowest BCUT2D eigenvalue weighted by Crippen LogP contribution is -2.54. The molecule has 25 heavy (non-hydrogen) atoms. The predicted octanol–water partition coefficient (Wildman–Crippen LogP) is 2.63. The number of carboxylic acids is 1. The molecule has 7 heteroatoms. The number of hydrogen-bond donors (Lipinski definition) is 2. The molecule has 0 aromatic heterocycles. The van der Waals surface area contributed by atoms with Gasteiger partial charge in [-0.05, 0) is 44.9 Å². The fraction of sp³-hybridized carbons (Fsp3) is 0.556. The Kier molecular flexibility index (Phi) is 6.00. The molecule has 0 saturated carbocycles. The third-order valence-corrected chi connectivity index (χ3v) is 4.04. The number of benzene rings is 1. The summed E-state index contributed by atoms with van der Waals surface area (Å²) in [5.41, 5.74) is 0.126. The molecule has 1 heterocycles. The van der Waals surface area contributed by atoms with Gasteiger partial charge in [-0.25, -0.2) is 9.18 Å². The predicted molar refractivity (Wildman–Crippen MR) is 90.6 cm³/mol. The van der Waals surface area contributed by atoms with Crippen molar-refractivity contribution in [3.05, 3.63) is 35.6 Å². The molecule has 0 radical (unpaired) electrons.